The van der Waals surface area contributed by atoms with Crippen molar-refractivity contribution in [1.29, 1.82) is 0 Å². The number of fused-ring (bicyclic) bond motifs is 3. The zero-order valence-corrected chi connectivity index (χ0v) is 10.9. The molecule has 0 aliphatic rings. The summed E-state index contributed by atoms with van der Waals surface area (Å²) in [5.74, 6) is -0.0372. The van der Waals surface area contributed by atoms with Gasteiger partial charge in [0.1, 0.15) is 17.5 Å². The Hall–Kier alpha value is -2.66. The molecule has 2 N–H and O–H groups in total. The minimum absolute atomic E-state index is 0.152. The maximum atomic E-state index is 14.0. The fourth-order valence-corrected chi connectivity index (χ4v) is 2.62. The van der Waals surface area contributed by atoms with Gasteiger partial charge in [-0.3, -0.25) is 0 Å². The van der Waals surface area contributed by atoms with Gasteiger partial charge >= 0.3 is 0 Å². The van der Waals surface area contributed by atoms with Crippen molar-refractivity contribution in [2.45, 2.75) is 6.10 Å². The van der Waals surface area contributed by atoms with Crippen LogP contribution in [-0.4, -0.2) is 15.1 Å². The van der Waals surface area contributed by atoms with E-state index in [1.807, 2.05) is 18.2 Å². The number of aliphatic hydroxyl groups excluding tert-OH is 1. The molecule has 0 aliphatic heterocycles. The Morgan fingerprint density at radius 3 is 2.86 bits per heavy atom. The van der Waals surface area contributed by atoms with Crippen molar-refractivity contribution in [1.82, 2.24) is 9.97 Å². The molecule has 2 heterocycles. The maximum absolute atomic E-state index is 14.0. The molecule has 21 heavy (non-hydrogen) atoms. The number of halogens is 1. The van der Waals surface area contributed by atoms with Crippen molar-refractivity contribution in [3.05, 3.63) is 66.0 Å². The smallest absolute Gasteiger partial charge is 0.171 e. The highest BCUT2D eigenvalue weighted by molar-refractivity contribution is 6.07. The lowest BCUT2D eigenvalue weighted by Crippen LogP contribution is -2.02. The highest BCUT2D eigenvalue weighted by Gasteiger charge is 2.21. The van der Waals surface area contributed by atoms with Crippen molar-refractivity contribution in [3.63, 3.8) is 0 Å². The number of nitrogens with one attached hydrogen (secondary N) is 1. The molecule has 0 spiro atoms. The van der Waals surface area contributed by atoms with Gasteiger partial charge in [0.05, 0.1) is 0 Å². The van der Waals surface area contributed by atoms with E-state index < -0.39 is 11.9 Å². The van der Waals surface area contributed by atoms with Gasteiger partial charge in [0.15, 0.2) is 11.4 Å². The second-order valence-corrected chi connectivity index (χ2v) is 4.82. The molecule has 2 aromatic heterocycles. The van der Waals surface area contributed by atoms with E-state index in [9.17, 15) is 9.50 Å². The molecule has 104 valence electrons. The van der Waals surface area contributed by atoms with Crippen LogP contribution in [0, 0.1) is 5.82 Å². The molecule has 4 aromatic rings. The van der Waals surface area contributed by atoms with Crippen LogP contribution in [-0.2, 0) is 0 Å². The average Bonchev–Trinajstić information content (AvgIpc) is 3.15. The molecule has 0 bridgehead atoms. The third kappa shape index (κ3) is 1.75. The number of rotatable bonds is 2. The van der Waals surface area contributed by atoms with Crippen LogP contribution in [0.5, 0.6) is 0 Å². The lowest BCUT2D eigenvalue weighted by Gasteiger charge is -2.09. The van der Waals surface area contributed by atoms with Gasteiger partial charge in [-0.05, 0) is 17.7 Å². The number of aromatic amines is 1. The zero-order valence-electron chi connectivity index (χ0n) is 10.9. The molecule has 4 rings (SSSR count). The second kappa shape index (κ2) is 4.43. The summed E-state index contributed by atoms with van der Waals surface area (Å²) >= 11 is 0. The van der Waals surface area contributed by atoms with Crippen LogP contribution in [0.3, 0.4) is 0 Å². The number of aromatic nitrogens is 2. The van der Waals surface area contributed by atoms with E-state index in [0.717, 1.165) is 5.39 Å². The number of para-hydroxylation sites is 1. The van der Waals surface area contributed by atoms with Gasteiger partial charge in [0, 0.05) is 23.2 Å². The topological polar surface area (TPSA) is 62.1 Å². The molecule has 5 heteroatoms. The fourth-order valence-electron chi connectivity index (χ4n) is 2.62. The summed E-state index contributed by atoms with van der Waals surface area (Å²) < 4.78 is 19.6. The predicted octanol–water partition coefficient (Wildman–Crippen LogP) is 3.53. The predicted molar refractivity (Wildman–Crippen MR) is 76.3 cm³/mol. The third-order valence-electron chi connectivity index (χ3n) is 3.58. The Morgan fingerprint density at radius 2 is 2.05 bits per heavy atom. The molecule has 0 saturated carbocycles. The van der Waals surface area contributed by atoms with E-state index in [0.29, 0.717) is 22.4 Å². The Bertz CT molecular complexity index is 928. The van der Waals surface area contributed by atoms with E-state index >= 15 is 0 Å². The Morgan fingerprint density at radius 1 is 1.19 bits per heavy atom. The van der Waals surface area contributed by atoms with Gasteiger partial charge < -0.3 is 14.5 Å². The van der Waals surface area contributed by atoms with E-state index in [-0.39, 0.29) is 5.58 Å². The van der Waals surface area contributed by atoms with Crippen LogP contribution in [0.15, 0.2) is 53.2 Å². The summed E-state index contributed by atoms with van der Waals surface area (Å²) in [5.41, 5.74) is 1.30. The number of H-pyrrole nitrogens is 1. The van der Waals surface area contributed by atoms with Crippen LogP contribution in [0.4, 0.5) is 4.39 Å². The van der Waals surface area contributed by atoms with Gasteiger partial charge in [-0.2, -0.15) is 0 Å². The lowest BCUT2D eigenvalue weighted by atomic mass is 10.0. The molecule has 0 aliphatic carbocycles. The van der Waals surface area contributed by atoms with Gasteiger partial charge in [0.2, 0.25) is 0 Å². The van der Waals surface area contributed by atoms with Gasteiger partial charge in [0.25, 0.3) is 0 Å². The van der Waals surface area contributed by atoms with Gasteiger partial charge in [-0.15, -0.1) is 0 Å². The molecule has 1 unspecified atom stereocenters. The first kappa shape index (κ1) is 12.1. The fraction of sp³-hybridized carbons (Fsp3) is 0.0625. The van der Waals surface area contributed by atoms with Crippen molar-refractivity contribution >= 4 is 21.9 Å². The molecule has 2 aromatic carbocycles. The van der Waals surface area contributed by atoms with E-state index in [1.165, 1.54) is 6.07 Å². The van der Waals surface area contributed by atoms with E-state index in [4.69, 9.17) is 4.42 Å². The summed E-state index contributed by atoms with van der Waals surface area (Å²) in [6, 6.07) is 10.2. The molecular weight excluding hydrogens is 271 g/mol. The summed E-state index contributed by atoms with van der Waals surface area (Å²) in [7, 11) is 0. The van der Waals surface area contributed by atoms with Crippen LogP contribution in [0.2, 0.25) is 0 Å². The zero-order chi connectivity index (χ0) is 14.4. The first-order chi connectivity index (χ1) is 10.3. The first-order valence-corrected chi connectivity index (χ1v) is 6.52. The lowest BCUT2D eigenvalue weighted by molar-refractivity contribution is 0.212. The minimum Gasteiger partial charge on any atom is -0.453 e. The Labute approximate surface area is 118 Å². The molecule has 0 fully saturated rings. The van der Waals surface area contributed by atoms with Crippen molar-refractivity contribution in [3.8, 4) is 0 Å². The number of benzene rings is 2. The molecule has 1 atom stereocenters. The standard InChI is InChI=1S/C16H11FN2O2/c17-11-6-5-10(14(20)16-18-7-8-19-16)13-9-3-1-2-4-12(9)21-15(11)13/h1-8,14,20H,(H,18,19). The Balaban J connectivity index is 2.07. The van der Waals surface area contributed by atoms with Crippen LogP contribution >= 0.6 is 0 Å². The molecular formula is C16H11FN2O2. The van der Waals surface area contributed by atoms with Gasteiger partial charge in [-0.1, -0.05) is 24.3 Å². The van der Waals surface area contributed by atoms with E-state index in [2.05, 4.69) is 9.97 Å². The van der Waals surface area contributed by atoms with Crippen molar-refractivity contribution in [2.75, 3.05) is 0 Å². The molecule has 0 saturated heterocycles. The number of furan rings is 1. The average molecular weight is 282 g/mol. The van der Waals surface area contributed by atoms with Crippen molar-refractivity contribution in [2.24, 2.45) is 0 Å². The van der Waals surface area contributed by atoms with Crippen LogP contribution in [0.1, 0.15) is 17.5 Å². The van der Waals surface area contributed by atoms with Crippen LogP contribution in [0.25, 0.3) is 21.9 Å². The monoisotopic (exact) mass is 282 g/mol. The highest BCUT2D eigenvalue weighted by Crippen LogP contribution is 2.36. The number of hydrogen-bond donors (Lipinski definition) is 2. The SMILES string of the molecule is OC(c1ncc[nH]1)c1ccc(F)c2oc3ccccc3c12. The number of aliphatic hydroxyl groups is 1. The Kier molecular flexibility index (Phi) is 2.55. The van der Waals surface area contributed by atoms with Crippen molar-refractivity contribution < 1.29 is 13.9 Å². The largest absolute Gasteiger partial charge is 0.453 e. The number of imidazole rings is 1. The third-order valence-corrected chi connectivity index (χ3v) is 3.58. The van der Waals surface area contributed by atoms with Crippen LogP contribution < -0.4 is 0 Å². The molecule has 4 nitrogen and oxygen atoms in total. The summed E-state index contributed by atoms with van der Waals surface area (Å²) in [6.07, 6.45) is 2.23. The number of nitrogens with zero attached hydrogens (tertiary/aromatic N) is 1. The normalized spacial score (nSPS) is 13.0. The van der Waals surface area contributed by atoms with E-state index in [1.54, 1.807) is 24.5 Å². The summed E-state index contributed by atoms with van der Waals surface area (Å²) in [6.45, 7) is 0. The molecule has 0 amide bonds. The second-order valence-electron chi connectivity index (χ2n) is 4.82. The molecule has 0 radical (unpaired) electrons. The summed E-state index contributed by atoms with van der Waals surface area (Å²) in [4.78, 5) is 6.93. The quantitative estimate of drug-likeness (QED) is 0.591. The van der Waals surface area contributed by atoms with Gasteiger partial charge in [-0.25, -0.2) is 9.37 Å². The first-order valence-electron chi connectivity index (χ1n) is 6.52. The number of hydrogen-bond acceptors (Lipinski definition) is 3. The maximum Gasteiger partial charge on any atom is 0.171 e. The minimum atomic E-state index is -0.968. The summed E-state index contributed by atoms with van der Waals surface area (Å²) in [5, 5.41) is 11.8. The highest BCUT2D eigenvalue weighted by atomic mass is 19.1.